The monoisotopic (exact) mass is 357 g/mol. The van der Waals surface area contributed by atoms with Gasteiger partial charge in [0, 0.05) is 36.9 Å². The molecule has 0 bridgehead atoms. The Morgan fingerprint density at radius 2 is 1.88 bits per heavy atom. The van der Waals surface area contributed by atoms with Gasteiger partial charge < -0.3 is 14.8 Å². The number of nitrogens with one attached hydrogen (secondary N) is 1. The van der Waals surface area contributed by atoms with Crippen LogP contribution in [0.3, 0.4) is 0 Å². The van der Waals surface area contributed by atoms with Gasteiger partial charge in [-0.15, -0.1) is 0 Å². The molecule has 1 N–H and O–H groups in total. The number of amides is 1. The van der Waals surface area contributed by atoms with Crippen LogP contribution in [0.15, 0.2) is 35.2 Å². The van der Waals surface area contributed by atoms with Gasteiger partial charge in [-0.3, -0.25) is 4.79 Å². The van der Waals surface area contributed by atoms with E-state index in [0.29, 0.717) is 9.23 Å². The minimum Gasteiger partial charge on any atom is -0.378 e. The number of carbonyl (C=O) groups is 1. The molecule has 1 aliphatic heterocycles. The van der Waals surface area contributed by atoms with Crippen LogP contribution in [0.4, 0.5) is 5.69 Å². The third-order valence-electron chi connectivity index (χ3n) is 4.02. The van der Waals surface area contributed by atoms with Gasteiger partial charge in [0.05, 0.1) is 4.91 Å². The number of rotatable bonds is 3. The van der Waals surface area contributed by atoms with Gasteiger partial charge in [-0.25, -0.2) is 0 Å². The molecule has 1 aromatic carbocycles. The van der Waals surface area contributed by atoms with E-state index in [1.807, 2.05) is 20.2 Å². The van der Waals surface area contributed by atoms with Crippen LogP contribution in [0.25, 0.3) is 11.8 Å². The second kappa shape index (κ2) is 6.45. The topological polar surface area (TPSA) is 37.3 Å². The lowest BCUT2D eigenvalue weighted by atomic mass is 10.2. The van der Waals surface area contributed by atoms with Gasteiger partial charge in [-0.05, 0) is 55.8 Å². The normalized spacial score (nSPS) is 15.9. The molecule has 24 heavy (non-hydrogen) atoms. The molecule has 0 spiro atoms. The fourth-order valence-corrected chi connectivity index (χ4v) is 3.83. The lowest BCUT2D eigenvalue weighted by Gasteiger charge is -2.14. The number of anilines is 1. The quantitative estimate of drug-likeness (QED) is 0.672. The maximum absolute atomic E-state index is 11.9. The average Bonchev–Trinajstić information content (AvgIpc) is 2.98. The molecule has 2 heterocycles. The Bertz CT molecular complexity index is 848. The van der Waals surface area contributed by atoms with Crippen molar-refractivity contribution in [2.75, 3.05) is 19.0 Å². The smallest absolute Gasteiger partial charge is 0.263 e. The van der Waals surface area contributed by atoms with Crippen molar-refractivity contribution < 1.29 is 4.79 Å². The zero-order chi connectivity index (χ0) is 17.4. The summed E-state index contributed by atoms with van der Waals surface area (Å²) >= 11 is 6.35. The number of hydrogen-bond acceptors (Lipinski definition) is 4. The Morgan fingerprint density at radius 1 is 1.21 bits per heavy atom. The van der Waals surface area contributed by atoms with Gasteiger partial charge in [-0.1, -0.05) is 24.0 Å². The van der Waals surface area contributed by atoms with Crippen molar-refractivity contribution in [3.8, 4) is 5.69 Å². The van der Waals surface area contributed by atoms with Gasteiger partial charge in [0.25, 0.3) is 5.91 Å². The summed E-state index contributed by atoms with van der Waals surface area (Å²) in [6.07, 6.45) is 1.91. The van der Waals surface area contributed by atoms with Crippen molar-refractivity contribution in [3.63, 3.8) is 0 Å². The van der Waals surface area contributed by atoms with E-state index in [1.54, 1.807) is 0 Å². The molecule has 124 valence electrons. The van der Waals surface area contributed by atoms with Crippen LogP contribution in [-0.2, 0) is 4.79 Å². The molecule has 1 aliphatic rings. The Hall–Kier alpha value is -2.05. The molecular formula is C18H19N3OS2. The fourth-order valence-electron chi connectivity index (χ4n) is 2.79. The Labute approximate surface area is 151 Å². The Morgan fingerprint density at radius 3 is 2.42 bits per heavy atom. The third-order valence-corrected chi connectivity index (χ3v) is 5.19. The van der Waals surface area contributed by atoms with Gasteiger partial charge in [-0.2, -0.15) is 0 Å². The van der Waals surface area contributed by atoms with E-state index in [2.05, 4.69) is 59.0 Å². The third kappa shape index (κ3) is 3.12. The predicted molar refractivity (Wildman–Crippen MR) is 106 cm³/mol. The highest BCUT2D eigenvalue weighted by molar-refractivity contribution is 8.26. The van der Waals surface area contributed by atoms with E-state index in [4.69, 9.17) is 12.2 Å². The first-order chi connectivity index (χ1) is 11.4. The van der Waals surface area contributed by atoms with Crippen LogP contribution in [0.2, 0.25) is 0 Å². The lowest BCUT2D eigenvalue weighted by Crippen LogP contribution is -2.17. The molecule has 1 saturated heterocycles. The van der Waals surface area contributed by atoms with Crippen molar-refractivity contribution in [2.45, 2.75) is 13.8 Å². The summed E-state index contributed by atoms with van der Waals surface area (Å²) in [5.74, 6) is -0.120. The van der Waals surface area contributed by atoms with Crippen LogP contribution in [0, 0.1) is 13.8 Å². The number of benzene rings is 1. The summed E-state index contributed by atoms with van der Waals surface area (Å²) in [4.78, 5) is 14.6. The standard InChI is InChI=1S/C18H19N3OS2/c1-11-9-13(10-16-17(22)19-18(23)24-16)12(2)21(11)15-7-5-14(6-8-15)20(3)4/h5-10H,1-4H3,(H,19,22,23)/b16-10-. The van der Waals surface area contributed by atoms with Crippen molar-refractivity contribution in [3.05, 3.63) is 52.2 Å². The first-order valence-corrected chi connectivity index (χ1v) is 8.81. The van der Waals surface area contributed by atoms with Crippen molar-refractivity contribution in [2.24, 2.45) is 0 Å². The van der Waals surface area contributed by atoms with Gasteiger partial charge in [0.15, 0.2) is 0 Å². The van der Waals surface area contributed by atoms with Crippen LogP contribution >= 0.6 is 24.0 Å². The highest BCUT2D eigenvalue weighted by atomic mass is 32.2. The van der Waals surface area contributed by atoms with Crippen LogP contribution < -0.4 is 10.2 Å². The number of hydrogen-bond donors (Lipinski definition) is 1. The van der Waals surface area contributed by atoms with E-state index in [0.717, 1.165) is 28.3 Å². The van der Waals surface area contributed by atoms with Crippen molar-refractivity contribution in [1.82, 2.24) is 9.88 Å². The fraction of sp³-hybridized carbons (Fsp3) is 0.222. The first-order valence-electron chi connectivity index (χ1n) is 7.58. The molecule has 1 amide bonds. The highest BCUT2D eigenvalue weighted by Gasteiger charge is 2.23. The first kappa shape index (κ1) is 16.8. The second-order valence-electron chi connectivity index (χ2n) is 5.92. The number of aromatic nitrogens is 1. The van der Waals surface area contributed by atoms with Crippen LogP contribution in [0.5, 0.6) is 0 Å². The molecule has 1 aromatic heterocycles. The number of nitrogens with zero attached hydrogens (tertiary/aromatic N) is 2. The Balaban J connectivity index is 1.99. The number of thioether (sulfide) groups is 1. The molecule has 0 aliphatic carbocycles. The molecule has 6 heteroatoms. The van der Waals surface area contributed by atoms with Crippen LogP contribution in [-0.4, -0.2) is 28.9 Å². The van der Waals surface area contributed by atoms with Gasteiger partial charge in [0.2, 0.25) is 0 Å². The Kier molecular flexibility index (Phi) is 4.51. The van der Waals surface area contributed by atoms with Crippen molar-refractivity contribution >= 4 is 46.0 Å². The molecule has 4 nitrogen and oxygen atoms in total. The summed E-state index contributed by atoms with van der Waals surface area (Å²) in [6, 6.07) is 10.5. The molecule has 0 radical (unpaired) electrons. The maximum atomic E-state index is 11.9. The van der Waals surface area contributed by atoms with E-state index in [9.17, 15) is 4.79 Å². The zero-order valence-corrected chi connectivity index (χ0v) is 15.7. The summed E-state index contributed by atoms with van der Waals surface area (Å²) in [5.41, 5.74) is 5.54. The van der Waals surface area contributed by atoms with E-state index < -0.39 is 0 Å². The lowest BCUT2D eigenvalue weighted by molar-refractivity contribution is -0.115. The molecule has 2 aromatic rings. The van der Waals surface area contributed by atoms with Crippen LogP contribution in [0.1, 0.15) is 17.0 Å². The average molecular weight is 358 g/mol. The number of thiocarbonyl (C=S) groups is 1. The summed E-state index contributed by atoms with van der Waals surface area (Å²) in [5, 5.41) is 2.65. The minimum absolute atomic E-state index is 0.120. The molecule has 1 fully saturated rings. The van der Waals surface area contributed by atoms with Crippen molar-refractivity contribution in [1.29, 1.82) is 0 Å². The second-order valence-corrected chi connectivity index (χ2v) is 7.64. The SMILES string of the molecule is Cc1cc(/C=C2\SC(=S)NC2=O)c(C)n1-c1ccc(N(C)C)cc1. The number of carbonyl (C=O) groups excluding carboxylic acids is 1. The minimum atomic E-state index is -0.120. The highest BCUT2D eigenvalue weighted by Crippen LogP contribution is 2.29. The van der Waals surface area contributed by atoms with Gasteiger partial charge in [0.1, 0.15) is 4.32 Å². The van der Waals surface area contributed by atoms with E-state index >= 15 is 0 Å². The summed E-state index contributed by atoms with van der Waals surface area (Å²) < 4.78 is 2.71. The largest absolute Gasteiger partial charge is 0.378 e. The van der Waals surface area contributed by atoms with E-state index in [-0.39, 0.29) is 5.91 Å². The molecule has 0 saturated carbocycles. The predicted octanol–water partition coefficient (Wildman–Crippen LogP) is 3.65. The summed E-state index contributed by atoms with van der Waals surface area (Å²) in [6.45, 7) is 4.14. The summed E-state index contributed by atoms with van der Waals surface area (Å²) in [7, 11) is 4.06. The molecule has 0 atom stereocenters. The van der Waals surface area contributed by atoms with E-state index in [1.165, 1.54) is 11.8 Å². The maximum Gasteiger partial charge on any atom is 0.263 e. The molecule has 0 unspecified atom stereocenters. The number of aryl methyl sites for hydroxylation is 1. The molecular weight excluding hydrogens is 338 g/mol. The van der Waals surface area contributed by atoms with Gasteiger partial charge >= 0.3 is 0 Å². The molecule has 3 rings (SSSR count). The zero-order valence-electron chi connectivity index (χ0n) is 14.1.